The highest BCUT2D eigenvalue weighted by molar-refractivity contribution is 7.48. The van der Waals surface area contributed by atoms with Gasteiger partial charge >= 0.3 is 19.8 Å². The third kappa shape index (κ3) is 6.74. The van der Waals surface area contributed by atoms with Crippen molar-refractivity contribution in [1.82, 2.24) is 0 Å². The second-order valence-electron chi connectivity index (χ2n) is 5.74. The molecule has 0 saturated carbocycles. The van der Waals surface area contributed by atoms with E-state index in [1.165, 1.54) is 14.2 Å². The molecule has 1 aromatic rings. The van der Waals surface area contributed by atoms with Gasteiger partial charge in [-0.15, -0.1) is 0 Å². The number of carbonyl (C=O) groups is 2. The summed E-state index contributed by atoms with van der Waals surface area (Å²) in [7, 11) is -1.41. The van der Waals surface area contributed by atoms with Crippen LogP contribution in [0.3, 0.4) is 0 Å². The summed E-state index contributed by atoms with van der Waals surface area (Å²) in [6.45, 7) is 5.63. The molecule has 0 fully saturated rings. The molecule has 0 radical (unpaired) electrons. The van der Waals surface area contributed by atoms with Crippen molar-refractivity contribution >= 4 is 19.8 Å². The fraction of sp³-hybridized carbons (Fsp3) is 0.556. The number of hydrogen-bond acceptors (Lipinski definition) is 8. The molecule has 0 aliphatic carbocycles. The van der Waals surface area contributed by atoms with E-state index in [1.54, 1.807) is 45.0 Å². The molecule has 27 heavy (non-hydrogen) atoms. The van der Waals surface area contributed by atoms with Gasteiger partial charge in [-0.2, -0.15) is 0 Å². The molecule has 0 spiro atoms. The van der Waals surface area contributed by atoms with Crippen molar-refractivity contribution in [2.75, 3.05) is 27.4 Å². The molecule has 0 aromatic heterocycles. The van der Waals surface area contributed by atoms with Gasteiger partial charge in [-0.25, -0.2) is 9.36 Å². The van der Waals surface area contributed by atoms with Gasteiger partial charge < -0.3 is 9.47 Å². The topological polar surface area (TPSA) is 97.4 Å². The van der Waals surface area contributed by atoms with Crippen LogP contribution in [-0.4, -0.2) is 39.4 Å². The summed E-state index contributed by atoms with van der Waals surface area (Å²) in [5.41, 5.74) is -0.217. The average molecular weight is 402 g/mol. The number of hydrogen-bond donors (Lipinski definition) is 0. The Hall–Kier alpha value is -1.73. The number of esters is 2. The van der Waals surface area contributed by atoms with E-state index in [9.17, 15) is 14.2 Å². The van der Waals surface area contributed by atoms with Crippen molar-refractivity contribution in [2.24, 2.45) is 0 Å². The number of rotatable bonds is 11. The molecule has 8 nitrogen and oxygen atoms in total. The second kappa shape index (κ2) is 10.6. The summed E-state index contributed by atoms with van der Waals surface area (Å²) in [6.07, 6.45) is 0.207. The summed E-state index contributed by atoms with van der Waals surface area (Å²) >= 11 is 0. The molecule has 0 aliphatic rings. The van der Waals surface area contributed by atoms with E-state index < -0.39 is 25.4 Å². The zero-order valence-electron chi connectivity index (χ0n) is 16.4. The van der Waals surface area contributed by atoms with Crippen LogP contribution < -0.4 is 0 Å². The molecule has 1 aromatic carbocycles. The van der Waals surface area contributed by atoms with E-state index in [4.69, 9.17) is 23.0 Å². The largest absolute Gasteiger partial charge is 0.475 e. The standard InChI is InChI=1S/C18H27O8P/c1-6-24-16(19)12-13-18(3,26-27(21,22-4)23-5)15-10-8-14(9-11-15)17(20)25-7-2/h8-11H,6-7,12-13H2,1-5H3. The van der Waals surface area contributed by atoms with Gasteiger partial charge in [0.15, 0.2) is 0 Å². The lowest BCUT2D eigenvalue weighted by Gasteiger charge is -2.32. The SMILES string of the molecule is CCOC(=O)CCC(C)(OP(=O)(OC)OC)c1ccc(C(=O)OCC)cc1. The van der Waals surface area contributed by atoms with E-state index in [2.05, 4.69) is 0 Å². The van der Waals surface area contributed by atoms with Gasteiger partial charge in [-0.05, 0) is 44.9 Å². The summed E-state index contributed by atoms with van der Waals surface area (Å²) in [4.78, 5) is 23.6. The Labute approximate surface area is 159 Å². The first-order valence-corrected chi connectivity index (χ1v) is 10.0. The minimum atomic E-state index is -3.83. The van der Waals surface area contributed by atoms with Gasteiger partial charge in [0, 0.05) is 20.6 Å². The van der Waals surface area contributed by atoms with Crippen molar-refractivity contribution in [3.8, 4) is 0 Å². The number of phosphoric acid groups is 1. The lowest BCUT2D eigenvalue weighted by atomic mass is 9.90. The Morgan fingerprint density at radius 1 is 1.00 bits per heavy atom. The number of benzene rings is 1. The first kappa shape index (κ1) is 23.3. The van der Waals surface area contributed by atoms with E-state index in [0.29, 0.717) is 11.1 Å². The van der Waals surface area contributed by atoms with Gasteiger partial charge in [0.25, 0.3) is 0 Å². The summed E-state index contributed by atoms with van der Waals surface area (Å²) < 4.78 is 37.8. The molecule has 9 heteroatoms. The van der Waals surface area contributed by atoms with Crippen LogP contribution in [0.25, 0.3) is 0 Å². The van der Waals surface area contributed by atoms with Gasteiger partial charge in [0.2, 0.25) is 0 Å². The molecule has 1 rings (SSSR count). The smallest absolute Gasteiger partial charge is 0.466 e. The van der Waals surface area contributed by atoms with Gasteiger partial charge in [0.1, 0.15) is 5.60 Å². The van der Waals surface area contributed by atoms with E-state index >= 15 is 0 Å². The van der Waals surface area contributed by atoms with Crippen molar-refractivity contribution in [2.45, 2.75) is 39.2 Å². The molecule has 0 amide bonds. The number of carbonyl (C=O) groups excluding carboxylic acids is 2. The Kier molecular flexibility index (Phi) is 9.12. The Morgan fingerprint density at radius 3 is 2.04 bits per heavy atom. The third-order valence-corrected chi connectivity index (χ3v) is 5.40. The van der Waals surface area contributed by atoms with Gasteiger partial charge in [-0.3, -0.25) is 18.4 Å². The molecule has 0 N–H and O–H groups in total. The van der Waals surface area contributed by atoms with Crippen molar-refractivity contribution in [3.63, 3.8) is 0 Å². The van der Waals surface area contributed by atoms with E-state index in [1.807, 2.05) is 0 Å². The predicted molar refractivity (Wildman–Crippen MR) is 98.3 cm³/mol. The maximum absolute atomic E-state index is 12.5. The van der Waals surface area contributed by atoms with Crippen molar-refractivity contribution in [3.05, 3.63) is 35.4 Å². The summed E-state index contributed by atoms with van der Waals surface area (Å²) in [6, 6.07) is 6.44. The maximum Gasteiger partial charge on any atom is 0.475 e. The lowest BCUT2D eigenvalue weighted by molar-refractivity contribution is -0.144. The Morgan fingerprint density at radius 2 is 1.56 bits per heavy atom. The summed E-state index contributed by atoms with van der Waals surface area (Å²) in [5, 5.41) is 0. The van der Waals surface area contributed by atoms with Crippen LogP contribution in [0.5, 0.6) is 0 Å². The van der Waals surface area contributed by atoms with E-state index in [-0.39, 0.29) is 26.1 Å². The van der Waals surface area contributed by atoms with E-state index in [0.717, 1.165) is 0 Å². The fourth-order valence-corrected chi connectivity index (χ4v) is 3.37. The Bertz CT molecular complexity index is 664. The quantitative estimate of drug-likeness (QED) is 0.407. The first-order valence-electron chi connectivity index (χ1n) is 8.59. The van der Waals surface area contributed by atoms with Gasteiger partial charge in [-0.1, -0.05) is 12.1 Å². The van der Waals surface area contributed by atoms with Crippen molar-refractivity contribution < 1.29 is 37.2 Å². The maximum atomic E-state index is 12.5. The number of ether oxygens (including phenoxy) is 2. The van der Waals surface area contributed by atoms with Crippen LogP contribution >= 0.6 is 7.82 Å². The van der Waals surface area contributed by atoms with Crippen LogP contribution in [0.4, 0.5) is 0 Å². The normalized spacial score (nSPS) is 13.7. The molecule has 0 bridgehead atoms. The average Bonchev–Trinajstić information content (AvgIpc) is 2.67. The first-order chi connectivity index (χ1) is 12.7. The van der Waals surface area contributed by atoms with Gasteiger partial charge in [0.05, 0.1) is 18.8 Å². The molecule has 0 heterocycles. The minimum absolute atomic E-state index is 0.0391. The zero-order chi connectivity index (χ0) is 20.5. The second-order valence-corrected chi connectivity index (χ2v) is 7.54. The molecular formula is C18H27O8P. The molecule has 1 unspecified atom stereocenters. The molecule has 1 atom stereocenters. The van der Waals surface area contributed by atoms with Crippen LogP contribution in [0, 0.1) is 0 Å². The predicted octanol–water partition coefficient (Wildman–Crippen LogP) is 3.84. The molecule has 0 saturated heterocycles. The molecule has 152 valence electrons. The highest BCUT2D eigenvalue weighted by Crippen LogP contribution is 2.54. The third-order valence-electron chi connectivity index (χ3n) is 3.88. The van der Waals surface area contributed by atoms with Crippen LogP contribution in [-0.2, 0) is 38.0 Å². The zero-order valence-corrected chi connectivity index (χ0v) is 17.2. The minimum Gasteiger partial charge on any atom is -0.466 e. The van der Waals surface area contributed by atoms with Crippen LogP contribution in [0.1, 0.15) is 49.5 Å². The molecular weight excluding hydrogens is 375 g/mol. The monoisotopic (exact) mass is 402 g/mol. The van der Waals surface area contributed by atoms with Crippen LogP contribution in [0.2, 0.25) is 0 Å². The highest BCUT2D eigenvalue weighted by atomic mass is 31.2. The number of phosphoric ester groups is 1. The Balaban J connectivity index is 3.14. The fourth-order valence-electron chi connectivity index (χ4n) is 2.39. The lowest BCUT2D eigenvalue weighted by Crippen LogP contribution is -2.27. The summed E-state index contributed by atoms with van der Waals surface area (Å²) in [5.74, 6) is -0.849. The van der Waals surface area contributed by atoms with Crippen LogP contribution in [0.15, 0.2) is 24.3 Å². The molecule has 0 aliphatic heterocycles. The highest BCUT2D eigenvalue weighted by Gasteiger charge is 2.38. The van der Waals surface area contributed by atoms with Crippen molar-refractivity contribution in [1.29, 1.82) is 0 Å².